The number of fused-ring (bicyclic) bond motifs is 2. The lowest BCUT2D eigenvalue weighted by atomic mass is 10.1. The molecule has 0 fully saturated rings. The summed E-state index contributed by atoms with van der Waals surface area (Å²) in [4.78, 5) is 52.8. The number of benzene rings is 3. The van der Waals surface area contributed by atoms with Crippen molar-refractivity contribution in [3.8, 4) is 5.75 Å². The Morgan fingerprint density at radius 3 is 1.65 bits per heavy atom. The second kappa shape index (κ2) is 6.78. The van der Waals surface area contributed by atoms with Crippen LogP contribution in [0.15, 0.2) is 60.7 Å². The Labute approximate surface area is 181 Å². The zero-order valence-electron chi connectivity index (χ0n) is 15.8. The van der Waals surface area contributed by atoms with E-state index in [1.54, 1.807) is 36.4 Å². The number of anilines is 1. The number of hydrogen-bond donors (Lipinski definition) is 1. The highest BCUT2D eigenvalue weighted by Gasteiger charge is 2.39. The molecular formula is C23H13ClN2O5. The van der Waals surface area contributed by atoms with E-state index in [0.717, 1.165) is 9.80 Å². The van der Waals surface area contributed by atoms with Crippen LogP contribution in [0.2, 0.25) is 5.02 Å². The highest BCUT2D eigenvalue weighted by atomic mass is 35.5. The lowest BCUT2D eigenvalue weighted by molar-refractivity contribution is 0.0641. The minimum Gasteiger partial charge on any atom is -0.504 e. The number of carbonyl (C=O) groups excluding carboxylic acids is 4. The molecule has 7 nitrogen and oxygen atoms in total. The molecule has 1 N–H and O–H groups in total. The van der Waals surface area contributed by atoms with Gasteiger partial charge in [-0.05, 0) is 42.0 Å². The molecule has 0 saturated carbocycles. The summed E-state index contributed by atoms with van der Waals surface area (Å²) in [6.45, 7) is -0.136. The second-order valence-corrected chi connectivity index (χ2v) is 7.59. The van der Waals surface area contributed by atoms with Gasteiger partial charge in [0.2, 0.25) is 0 Å². The van der Waals surface area contributed by atoms with Crippen molar-refractivity contribution in [3.05, 3.63) is 93.5 Å². The quantitative estimate of drug-likeness (QED) is 0.637. The van der Waals surface area contributed by atoms with Gasteiger partial charge in [0, 0.05) is 0 Å². The Morgan fingerprint density at radius 1 is 0.710 bits per heavy atom. The molecule has 152 valence electrons. The third-order valence-corrected chi connectivity index (χ3v) is 5.65. The molecule has 3 aromatic rings. The molecule has 0 unspecified atom stereocenters. The summed E-state index contributed by atoms with van der Waals surface area (Å²) in [5, 5.41) is 10.4. The largest absolute Gasteiger partial charge is 0.504 e. The molecule has 0 bridgehead atoms. The molecule has 31 heavy (non-hydrogen) atoms. The Balaban J connectivity index is 1.53. The number of hydrogen-bond acceptors (Lipinski definition) is 5. The topological polar surface area (TPSA) is 95.0 Å². The third-order valence-electron chi connectivity index (χ3n) is 5.36. The van der Waals surface area contributed by atoms with Crippen LogP contribution in [0.25, 0.3) is 0 Å². The molecule has 2 aliphatic heterocycles. The minimum absolute atomic E-state index is 0.106. The molecular weight excluding hydrogens is 420 g/mol. The molecule has 5 rings (SSSR count). The molecule has 0 spiro atoms. The van der Waals surface area contributed by atoms with E-state index in [4.69, 9.17) is 11.6 Å². The molecule has 0 radical (unpaired) electrons. The fourth-order valence-electron chi connectivity index (χ4n) is 3.87. The number of imide groups is 2. The van der Waals surface area contributed by atoms with Crippen LogP contribution in [0.1, 0.15) is 47.0 Å². The number of amides is 4. The van der Waals surface area contributed by atoms with Crippen LogP contribution in [0.3, 0.4) is 0 Å². The Bertz CT molecular complexity index is 1260. The zero-order chi connectivity index (χ0) is 21.9. The zero-order valence-corrected chi connectivity index (χ0v) is 16.6. The van der Waals surface area contributed by atoms with E-state index in [-0.39, 0.29) is 28.4 Å². The Kier molecular flexibility index (Phi) is 4.16. The lowest BCUT2D eigenvalue weighted by Crippen LogP contribution is -2.31. The van der Waals surface area contributed by atoms with Crippen molar-refractivity contribution in [2.24, 2.45) is 0 Å². The third kappa shape index (κ3) is 2.74. The SMILES string of the molecule is O=C1c2ccccc2C(=O)N1Cc1cc(Cl)c(O)c(N2C(=O)c3ccccc3C2=O)c1. The van der Waals surface area contributed by atoms with Crippen LogP contribution in [-0.2, 0) is 6.54 Å². The number of nitrogens with zero attached hydrogens (tertiary/aromatic N) is 2. The summed E-state index contributed by atoms with van der Waals surface area (Å²) in [7, 11) is 0. The maximum atomic E-state index is 12.8. The normalized spacial score (nSPS) is 15.0. The standard InChI is InChI=1S/C23H13ClN2O5/c24-17-9-12(11-25-20(28)13-5-1-2-6-14(13)21(25)29)10-18(19(17)27)26-22(30)15-7-3-4-8-16(15)23(26)31/h1-10,27H,11H2. The van der Waals surface area contributed by atoms with Gasteiger partial charge in [0.05, 0.1) is 39.5 Å². The van der Waals surface area contributed by atoms with Crippen molar-refractivity contribution >= 4 is 40.9 Å². The first kappa shape index (κ1) is 19.0. The molecule has 3 aromatic carbocycles. The van der Waals surface area contributed by atoms with Gasteiger partial charge < -0.3 is 5.11 Å². The van der Waals surface area contributed by atoms with Gasteiger partial charge in [0.25, 0.3) is 23.6 Å². The Morgan fingerprint density at radius 2 is 1.16 bits per heavy atom. The maximum Gasteiger partial charge on any atom is 0.266 e. The molecule has 4 amide bonds. The lowest BCUT2D eigenvalue weighted by Gasteiger charge is -2.19. The van der Waals surface area contributed by atoms with Crippen LogP contribution in [0, 0.1) is 0 Å². The van der Waals surface area contributed by atoms with Crippen LogP contribution < -0.4 is 4.90 Å². The van der Waals surface area contributed by atoms with Crippen LogP contribution >= 0.6 is 11.6 Å². The van der Waals surface area contributed by atoms with E-state index in [1.807, 2.05) is 0 Å². The summed E-state index contributed by atoms with van der Waals surface area (Å²) in [6, 6.07) is 15.6. The van der Waals surface area contributed by atoms with E-state index in [2.05, 4.69) is 0 Å². The van der Waals surface area contributed by atoms with E-state index < -0.39 is 29.4 Å². The smallest absolute Gasteiger partial charge is 0.266 e. The molecule has 8 heteroatoms. The monoisotopic (exact) mass is 432 g/mol. The highest BCUT2D eigenvalue weighted by Crippen LogP contribution is 2.40. The Hall–Kier alpha value is -3.97. The van der Waals surface area contributed by atoms with Gasteiger partial charge in [-0.15, -0.1) is 0 Å². The van der Waals surface area contributed by atoms with Crippen LogP contribution in [0.5, 0.6) is 5.75 Å². The van der Waals surface area contributed by atoms with E-state index in [1.165, 1.54) is 24.3 Å². The number of phenols is 1. The highest BCUT2D eigenvalue weighted by molar-refractivity contribution is 6.37. The van der Waals surface area contributed by atoms with Crippen LogP contribution in [-0.4, -0.2) is 33.6 Å². The maximum absolute atomic E-state index is 12.8. The number of halogens is 1. The molecule has 2 aliphatic rings. The van der Waals surface area contributed by atoms with Crippen LogP contribution in [0.4, 0.5) is 5.69 Å². The summed E-state index contributed by atoms with van der Waals surface area (Å²) in [5.74, 6) is -2.53. The predicted molar refractivity (Wildman–Crippen MR) is 111 cm³/mol. The predicted octanol–water partition coefficient (Wildman–Crippen LogP) is 3.64. The van der Waals surface area contributed by atoms with E-state index in [0.29, 0.717) is 16.7 Å². The second-order valence-electron chi connectivity index (χ2n) is 7.18. The van der Waals surface area contributed by atoms with E-state index >= 15 is 0 Å². The first-order valence-electron chi connectivity index (χ1n) is 9.33. The molecule has 0 aromatic heterocycles. The van der Waals surface area contributed by atoms with Crippen molar-refractivity contribution in [2.75, 3.05) is 4.90 Å². The van der Waals surface area contributed by atoms with Crippen molar-refractivity contribution in [2.45, 2.75) is 6.54 Å². The fraction of sp³-hybridized carbons (Fsp3) is 0.0435. The van der Waals surface area contributed by atoms with Crippen molar-refractivity contribution in [1.29, 1.82) is 0 Å². The first-order chi connectivity index (χ1) is 14.9. The molecule has 0 saturated heterocycles. The van der Waals surface area contributed by atoms with Gasteiger partial charge in [-0.25, -0.2) is 4.90 Å². The van der Waals surface area contributed by atoms with Crippen molar-refractivity contribution < 1.29 is 24.3 Å². The molecule has 2 heterocycles. The summed E-state index contributed by atoms with van der Waals surface area (Å²) in [6.07, 6.45) is 0. The van der Waals surface area contributed by atoms with Gasteiger partial charge in [-0.3, -0.25) is 24.1 Å². The van der Waals surface area contributed by atoms with Crippen molar-refractivity contribution in [3.63, 3.8) is 0 Å². The number of carbonyl (C=O) groups is 4. The average molecular weight is 433 g/mol. The fourth-order valence-corrected chi connectivity index (χ4v) is 4.11. The van der Waals surface area contributed by atoms with Gasteiger partial charge in [-0.2, -0.15) is 0 Å². The van der Waals surface area contributed by atoms with Gasteiger partial charge >= 0.3 is 0 Å². The van der Waals surface area contributed by atoms with Crippen molar-refractivity contribution in [1.82, 2.24) is 4.90 Å². The van der Waals surface area contributed by atoms with Gasteiger partial charge in [0.1, 0.15) is 0 Å². The number of aromatic hydroxyl groups is 1. The summed E-state index contributed by atoms with van der Waals surface area (Å²) in [5.41, 5.74) is 1.31. The first-order valence-corrected chi connectivity index (χ1v) is 9.70. The summed E-state index contributed by atoms with van der Waals surface area (Å²) < 4.78 is 0. The van der Waals surface area contributed by atoms with Gasteiger partial charge in [-0.1, -0.05) is 35.9 Å². The average Bonchev–Trinajstić information content (AvgIpc) is 3.17. The molecule has 0 atom stereocenters. The molecule has 0 aliphatic carbocycles. The van der Waals surface area contributed by atoms with Gasteiger partial charge in [0.15, 0.2) is 5.75 Å². The summed E-state index contributed by atoms with van der Waals surface area (Å²) >= 11 is 6.16. The number of phenolic OH excluding ortho intramolecular Hbond substituents is 1. The minimum atomic E-state index is -0.593. The number of rotatable bonds is 3. The van der Waals surface area contributed by atoms with E-state index in [9.17, 15) is 24.3 Å².